The maximum atomic E-state index is 11.3. The molecule has 2 rings (SSSR count). The number of sulfone groups is 1. The molecule has 0 spiro atoms. The van der Waals surface area contributed by atoms with Crippen LogP contribution in [-0.4, -0.2) is 24.6 Å². The van der Waals surface area contributed by atoms with E-state index in [0.717, 1.165) is 6.26 Å². The van der Waals surface area contributed by atoms with Crippen molar-refractivity contribution in [1.29, 1.82) is 5.26 Å². The summed E-state index contributed by atoms with van der Waals surface area (Å²) in [5.74, 6) is 0.414. The third kappa shape index (κ3) is 3.26. The first kappa shape index (κ1) is 13.0. The molecule has 0 unspecified atom stereocenters. The Morgan fingerprint density at radius 2 is 1.74 bits per heavy atom. The normalized spacial score (nSPS) is 10.7. The molecule has 0 fully saturated rings. The minimum absolute atomic E-state index is 0.0890. The molecule has 1 aromatic carbocycles. The van der Waals surface area contributed by atoms with Crippen molar-refractivity contribution in [2.24, 2.45) is 0 Å². The van der Waals surface area contributed by atoms with Crippen LogP contribution in [0, 0.1) is 11.3 Å². The number of benzene rings is 1. The highest BCUT2D eigenvalue weighted by Gasteiger charge is 2.07. The zero-order valence-electron chi connectivity index (χ0n) is 9.94. The van der Waals surface area contributed by atoms with Crippen molar-refractivity contribution in [3.8, 4) is 17.8 Å². The van der Waals surface area contributed by atoms with Crippen LogP contribution >= 0.6 is 0 Å². The molecule has 0 aliphatic carbocycles. The first-order chi connectivity index (χ1) is 8.99. The Morgan fingerprint density at radius 1 is 1.16 bits per heavy atom. The molecule has 0 aliphatic heterocycles. The molecule has 0 atom stereocenters. The Balaban J connectivity index is 2.17. The van der Waals surface area contributed by atoms with Gasteiger partial charge >= 0.3 is 6.01 Å². The highest BCUT2D eigenvalue weighted by atomic mass is 32.2. The van der Waals surface area contributed by atoms with Crippen molar-refractivity contribution in [3.63, 3.8) is 0 Å². The molecule has 0 saturated heterocycles. The molecular weight excluding hydrogens is 266 g/mol. The topological polar surface area (TPSA) is 92.9 Å². The number of hydrogen-bond donors (Lipinski definition) is 0. The van der Waals surface area contributed by atoms with Gasteiger partial charge < -0.3 is 4.74 Å². The SMILES string of the molecule is CS(=O)(=O)c1ccc(Oc2ncc(C#N)cn2)cc1. The van der Waals surface area contributed by atoms with E-state index in [1.165, 1.54) is 36.7 Å². The second-order valence-corrected chi connectivity index (χ2v) is 5.73. The lowest BCUT2D eigenvalue weighted by atomic mass is 10.3. The van der Waals surface area contributed by atoms with Crippen molar-refractivity contribution in [2.75, 3.05) is 6.26 Å². The first-order valence-electron chi connectivity index (χ1n) is 5.19. The van der Waals surface area contributed by atoms with Crippen LogP contribution in [0.5, 0.6) is 11.8 Å². The fraction of sp³-hybridized carbons (Fsp3) is 0.0833. The molecule has 0 saturated carbocycles. The van der Waals surface area contributed by atoms with Crippen LogP contribution in [0.15, 0.2) is 41.6 Å². The van der Waals surface area contributed by atoms with Crippen LogP contribution in [0.1, 0.15) is 5.56 Å². The molecule has 0 radical (unpaired) electrons. The quantitative estimate of drug-likeness (QED) is 0.843. The van der Waals surface area contributed by atoms with Gasteiger partial charge in [-0.15, -0.1) is 0 Å². The number of rotatable bonds is 3. The maximum Gasteiger partial charge on any atom is 0.321 e. The lowest BCUT2D eigenvalue weighted by Gasteiger charge is -2.04. The van der Waals surface area contributed by atoms with Gasteiger partial charge in [0.2, 0.25) is 0 Å². The molecule has 0 aliphatic rings. The van der Waals surface area contributed by atoms with Crippen molar-refractivity contribution >= 4 is 9.84 Å². The Morgan fingerprint density at radius 3 is 2.21 bits per heavy atom. The molecule has 2 aromatic rings. The molecule has 0 amide bonds. The smallest absolute Gasteiger partial charge is 0.321 e. The lowest BCUT2D eigenvalue weighted by Crippen LogP contribution is -1.97. The van der Waals surface area contributed by atoms with Gasteiger partial charge in [-0.1, -0.05) is 0 Å². The van der Waals surface area contributed by atoms with Gasteiger partial charge in [0.15, 0.2) is 9.84 Å². The van der Waals surface area contributed by atoms with Gasteiger partial charge in [-0.3, -0.25) is 0 Å². The van der Waals surface area contributed by atoms with Gasteiger partial charge in [-0.2, -0.15) is 5.26 Å². The summed E-state index contributed by atoms with van der Waals surface area (Å²) in [7, 11) is -3.22. The minimum atomic E-state index is -3.22. The Labute approximate surface area is 110 Å². The standard InChI is InChI=1S/C12H9N3O3S/c1-19(16,17)11-4-2-10(3-5-11)18-12-14-7-9(6-13)8-15-12/h2-5,7-8H,1H3. The molecule has 6 nitrogen and oxygen atoms in total. The van der Waals surface area contributed by atoms with Crippen molar-refractivity contribution in [1.82, 2.24) is 9.97 Å². The van der Waals surface area contributed by atoms with Crippen molar-refractivity contribution < 1.29 is 13.2 Å². The molecule has 1 aromatic heterocycles. The van der Waals surface area contributed by atoms with E-state index in [4.69, 9.17) is 10.00 Å². The second kappa shape index (κ2) is 5.04. The summed E-state index contributed by atoms with van der Waals surface area (Å²) in [6, 6.07) is 7.89. The molecular formula is C12H9N3O3S. The summed E-state index contributed by atoms with van der Waals surface area (Å²) < 4.78 is 27.9. The highest BCUT2D eigenvalue weighted by molar-refractivity contribution is 7.90. The average molecular weight is 275 g/mol. The van der Waals surface area contributed by atoms with Gasteiger partial charge in [0.05, 0.1) is 22.9 Å². The van der Waals surface area contributed by atoms with E-state index in [1.54, 1.807) is 0 Å². The van der Waals surface area contributed by atoms with Crippen LogP contribution in [0.2, 0.25) is 0 Å². The van der Waals surface area contributed by atoms with Crippen LogP contribution < -0.4 is 4.74 Å². The Kier molecular flexibility index (Phi) is 3.44. The summed E-state index contributed by atoms with van der Waals surface area (Å²) in [5, 5.41) is 8.60. The summed E-state index contributed by atoms with van der Waals surface area (Å²) in [5.41, 5.74) is 0.333. The van der Waals surface area contributed by atoms with Crippen LogP contribution in [0.3, 0.4) is 0 Å². The van der Waals surface area contributed by atoms with Gasteiger partial charge in [-0.25, -0.2) is 18.4 Å². The van der Waals surface area contributed by atoms with Crippen molar-refractivity contribution in [3.05, 3.63) is 42.2 Å². The number of nitriles is 1. The zero-order chi connectivity index (χ0) is 13.9. The van der Waals surface area contributed by atoms with Crippen LogP contribution in [0.4, 0.5) is 0 Å². The van der Waals surface area contributed by atoms with Gasteiger partial charge in [-0.05, 0) is 24.3 Å². The van der Waals surface area contributed by atoms with Crippen LogP contribution in [-0.2, 0) is 9.84 Å². The fourth-order valence-electron chi connectivity index (χ4n) is 1.29. The second-order valence-electron chi connectivity index (χ2n) is 3.71. The van der Waals surface area contributed by atoms with E-state index in [0.29, 0.717) is 11.3 Å². The van der Waals surface area contributed by atoms with Gasteiger partial charge in [0.1, 0.15) is 11.8 Å². The summed E-state index contributed by atoms with van der Waals surface area (Å²) >= 11 is 0. The summed E-state index contributed by atoms with van der Waals surface area (Å²) in [6.07, 6.45) is 3.81. The van der Waals surface area contributed by atoms with E-state index >= 15 is 0 Å². The van der Waals surface area contributed by atoms with E-state index < -0.39 is 9.84 Å². The number of nitrogens with zero attached hydrogens (tertiary/aromatic N) is 3. The van der Waals surface area contributed by atoms with Crippen molar-refractivity contribution in [2.45, 2.75) is 4.90 Å². The molecule has 19 heavy (non-hydrogen) atoms. The summed E-state index contributed by atoms with van der Waals surface area (Å²) in [6.45, 7) is 0. The lowest BCUT2D eigenvalue weighted by molar-refractivity contribution is 0.441. The van der Waals surface area contributed by atoms with E-state index in [1.807, 2.05) is 6.07 Å². The average Bonchev–Trinajstić information content (AvgIpc) is 2.39. The van der Waals surface area contributed by atoms with E-state index in [-0.39, 0.29) is 10.9 Å². The largest absolute Gasteiger partial charge is 0.424 e. The third-order valence-corrected chi connectivity index (χ3v) is 3.35. The molecule has 7 heteroatoms. The molecule has 0 N–H and O–H groups in total. The summed E-state index contributed by atoms with van der Waals surface area (Å²) in [4.78, 5) is 7.89. The van der Waals surface area contributed by atoms with E-state index in [2.05, 4.69) is 9.97 Å². The van der Waals surface area contributed by atoms with E-state index in [9.17, 15) is 8.42 Å². The third-order valence-electron chi connectivity index (χ3n) is 2.22. The molecule has 96 valence electrons. The zero-order valence-corrected chi connectivity index (χ0v) is 10.8. The Hall–Kier alpha value is -2.46. The maximum absolute atomic E-state index is 11.3. The molecule has 0 bridgehead atoms. The van der Waals surface area contributed by atoms with Gasteiger partial charge in [0, 0.05) is 6.26 Å². The first-order valence-corrected chi connectivity index (χ1v) is 7.08. The number of ether oxygens (including phenoxy) is 1. The highest BCUT2D eigenvalue weighted by Crippen LogP contribution is 2.19. The predicted molar refractivity (Wildman–Crippen MR) is 66.4 cm³/mol. The monoisotopic (exact) mass is 275 g/mol. The number of aromatic nitrogens is 2. The molecule has 1 heterocycles. The fourth-order valence-corrected chi connectivity index (χ4v) is 1.92. The van der Waals surface area contributed by atoms with Crippen LogP contribution in [0.25, 0.3) is 0 Å². The minimum Gasteiger partial charge on any atom is -0.424 e. The van der Waals surface area contributed by atoms with Gasteiger partial charge in [0.25, 0.3) is 0 Å². The predicted octanol–water partition coefficient (Wildman–Crippen LogP) is 1.54. The number of hydrogen-bond acceptors (Lipinski definition) is 6. The Bertz CT molecular complexity index is 716.